The van der Waals surface area contributed by atoms with Gasteiger partial charge in [-0.1, -0.05) is 30.3 Å². The maximum atomic E-state index is 12.5. The van der Waals surface area contributed by atoms with Crippen LogP contribution in [0.4, 0.5) is 17.2 Å². The molecule has 0 unspecified atom stereocenters. The fourth-order valence-electron chi connectivity index (χ4n) is 3.27. The Morgan fingerprint density at radius 3 is 2.34 bits per heavy atom. The molecule has 0 spiro atoms. The van der Waals surface area contributed by atoms with Crippen molar-refractivity contribution in [2.45, 2.75) is 19.4 Å². The first-order chi connectivity index (χ1) is 14.0. The lowest BCUT2D eigenvalue weighted by Crippen LogP contribution is -2.23. The predicted molar refractivity (Wildman–Crippen MR) is 109 cm³/mol. The van der Waals surface area contributed by atoms with Crippen LogP contribution in [0.25, 0.3) is 11.1 Å². The first-order valence-electron chi connectivity index (χ1n) is 9.12. The summed E-state index contributed by atoms with van der Waals surface area (Å²) in [6.45, 7) is 1.43. The van der Waals surface area contributed by atoms with Crippen LogP contribution in [0.2, 0.25) is 0 Å². The molecule has 146 valence electrons. The van der Waals surface area contributed by atoms with Crippen molar-refractivity contribution in [1.29, 1.82) is 0 Å². The second kappa shape index (κ2) is 7.59. The van der Waals surface area contributed by atoms with Crippen LogP contribution in [0.5, 0.6) is 0 Å². The number of nitrogens with one attached hydrogen (secondary N) is 3. The standard InChI is InChI=1S/C21H19N5O3/c1-13(27)23-15-7-9-16(10-8-15)24-19(28)11-18-21(29)25-20-17(12-22-26(18)20)14-5-3-2-4-6-14/h2-10,12,18H,11H2,1H3,(H,23,27)(H,24,28)(H,25,29)/t18-/m1/s1. The zero-order valence-corrected chi connectivity index (χ0v) is 15.7. The van der Waals surface area contributed by atoms with Crippen molar-refractivity contribution in [1.82, 2.24) is 9.78 Å². The Hall–Kier alpha value is -3.94. The minimum absolute atomic E-state index is 0.0395. The number of fused-ring (bicyclic) bond motifs is 1. The lowest BCUT2D eigenvalue weighted by molar-refractivity contribution is -0.123. The summed E-state index contributed by atoms with van der Waals surface area (Å²) in [5.41, 5.74) is 2.97. The van der Waals surface area contributed by atoms with E-state index in [-0.39, 0.29) is 24.1 Å². The second-order valence-corrected chi connectivity index (χ2v) is 6.73. The number of carbonyl (C=O) groups excluding carboxylic acids is 3. The minimum Gasteiger partial charge on any atom is -0.326 e. The molecule has 3 aromatic rings. The van der Waals surface area contributed by atoms with Crippen molar-refractivity contribution < 1.29 is 14.4 Å². The van der Waals surface area contributed by atoms with E-state index in [4.69, 9.17) is 0 Å². The van der Waals surface area contributed by atoms with Crippen molar-refractivity contribution in [2.24, 2.45) is 0 Å². The van der Waals surface area contributed by atoms with Gasteiger partial charge in [0.1, 0.15) is 11.9 Å². The van der Waals surface area contributed by atoms with E-state index < -0.39 is 6.04 Å². The molecule has 1 aliphatic heterocycles. The van der Waals surface area contributed by atoms with Gasteiger partial charge >= 0.3 is 0 Å². The number of carbonyl (C=O) groups is 3. The fourth-order valence-corrected chi connectivity index (χ4v) is 3.27. The average molecular weight is 389 g/mol. The first-order valence-corrected chi connectivity index (χ1v) is 9.12. The smallest absolute Gasteiger partial charge is 0.251 e. The second-order valence-electron chi connectivity index (χ2n) is 6.73. The summed E-state index contributed by atoms with van der Waals surface area (Å²) < 4.78 is 1.56. The molecule has 8 heteroatoms. The Kier molecular flexibility index (Phi) is 4.82. The lowest BCUT2D eigenvalue weighted by atomic mass is 10.1. The van der Waals surface area contributed by atoms with Crippen molar-refractivity contribution in [2.75, 3.05) is 16.0 Å². The van der Waals surface area contributed by atoms with Gasteiger partial charge < -0.3 is 16.0 Å². The number of amides is 3. The van der Waals surface area contributed by atoms with Gasteiger partial charge in [0, 0.05) is 23.9 Å². The van der Waals surface area contributed by atoms with Crippen LogP contribution in [-0.4, -0.2) is 27.5 Å². The molecule has 2 aromatic carbocycles. The summed E-state index contributed by atoms with van der Waals surface area (Å²) in [7, 11) is 0. The third kappa shape index (κ3) is 3.86. The number of aromatic nitrogens is 2. The zero-order chi connectivity index (χ0) is 20.4. The number of nitrogens with zero attached hydrogens (tertiary/aromatic N) is 2. The van der Waals surface area contributed by atoms with Crippen LogP contribution in [0.15, 0.2) is 60.8 Å². The number of rotatable bonds is 5. The Morgan fingerprint density at radius 1 is 1.03 bits per heavy atom. The average Bonchev–Trinajstić information content (AvgIpc) is 3.23. The fraction of sp³-hybridized carbons (Fsp3) is 0.143. The van der Waals surface area contributed by atoms with Gasteiger partial charge in [-0.25, -0.2) is 4.68 Å². The van der Waals surface area contributed by atoms with Crippen LogP contribution in [0, 0.1) is 0 Å². The number of hydrogen-bond acceptors (Lipinski definition) is 4. The van der Waals surface area contributed by atoms with Crippen LogP contribution in [0.3, 0.4) is 0 Å². The van der Waals surface area contributed by atoms with E-state index >= 15 is 0 Å². The van der Waals surface area contributed by atoms with Crippen LogP contribution in [-0.2, 0) is 14.4 Å². The summed E-state index contributed by atoms with van der Waals surface area (Å²) in [4.78, 5) is 35.9. The van der Waals surface area contributed by atoms with Crippen LogP contribution < -0.4 is 16.0 Å². The van der Waals surface area contributed by atoms with Gasteiger partial charge in [-0.3, -0.25) is 14.4 Å². The molecule has 0 fully saturated rings. The van der Waals surface area contributed by atoms with Crippen molar-refractivity contribution in [3.8, 4) is 11.1 Å². The summed E-state index contributed by atoms with van der Waals surface area (Å²) in [6.07, 6.45) is 1.65. The number of anilines is 3. The molecule has 1 atom stereocenters. The van der Waals surface area contributed by atoms with Crippen LogP contribution in [0.1, 0.15) is 19.4 Å². The molecule has 8 nitrogen and oxygen atoms in total. The molecule has 0 bridgehead atoms. The Bertz CT molecular complexity index is 1070. The highest BCUT2D eigenvalue weighted by molar-refractivity contribution is 6.04. The highest BCUT2D eigenvalue weighted by Gasteiger charge is 2.35. The van der Waals surface area contributed by atoms with E-state index in [9.17, 15) is 14.4 Å². The SMILES string of the molecule is CC(=O)Nc1ccc(NC(=O)C[C@@H]2C(=O)Nc3c(-c4ccccc4)cnn32)cc1. The van der Waals surface area contributed by atoms with Gasteiger partial charge in [0.2, 0.25) is 11.8 Å². The third-order valence-electron chi connectivity index (χ3n) is 4.59. The van der Waals surface area contributed by atoms with E-state index in [1.54, 1.807) is 35.1 Å². The maximum absolute atomic E-state index is 12.5. The number of hydrogen-bond donors (Lipinski definition) is 3. The van der Waals surface area contributed by atoms with Crippen molar-refractivity contribution in [3.63, 3.8) is 0 Å². The molecular formula is C21H19N5O3. The molecule has 1 aliphatic rings. The summed E-state index contributed by atoms with van der Waals surface area (Å²) in [5, 5.41) is 12.6. The van der Waals surface area contributed by atoms with Gasteiger partial charge in [0.15, 0.2) is 0 Å². The molecule has 3 amide bonds. The molecular weight excluding hydrogens is 370 g/mol. The molecule has 0 aliphatic carbocycles. The van der Waals surface area contributed by atoms with Crippen LogP contribution >= 0.6 is 0 Å². The molecule has 0 saturated carbocycles. The van der Waals surface area contributed by atoms with E-state index in [0.29, 0.717) is 17.2 Å². The van der Waals surface area contributed by atoms with E-state index in [1.807, 2.05) is 30.3 Å². The van der Waals surface area contributed by atoms with Gasteiger partial charge in [0.05, 0.1) is 12.6 Å². The molecule has 29 heavy (non-hydrogen) atoms. The predicted octanol–water partition coefficient (Wildman–Crippen LogP) is 3.03. The zero-order valence-electron chi connectivity index (χ0n) is 15.7. The topological polar surface area (TPSA) is 105 Å². The highest BCUT2D eigenvalue weighted by Crippen LogP contribution is 2.35. The van der Waals surface area contributed by atoms with Gasteiger partial charge in [-0.05, 0) is 29.8 Å². The molecule has 1 aromatic heterocycles. The van der Waals surface area contributed by atoms with E-state index in [2.05, 4.69) is 21.0 Å². The highest BCUT2D eigenvalue weighted by atomic mass is 16.2. The van der Waals surface area contributed by atoms with Gasteiger partial charge in [-0.15, -0.1) is 0 Å². The first kappa shape index (κ1) is 18.4. The normalized spacial score (nSPS) is 14.8. The molecule has 3 N–H and O–H groups in total. The molecule has 0 radical (unpaired) electrons. The maximum Gasteiger partial charge on any atom is 0.251 e. The number of benzene rings is 2. The Balaban J connectivity index is 1.45. The minimum atomic E-state index is -0.707. The molecule has 4 rings (SSSR count). The summed E-state index contributed by atoms with van der Waals surface area (Å²) in [5.74, 6) is -0.138. The quantitative estimate of drug-likeness (QED) is 0.624. The van der Waals surface area contributed by atoms with Crippen molar-refractivity contribution >= 4 is 34.9 Å². The monoisotopic (exact) mass is 389 g/mol. The Morgan fingerprint density at radius 2 is 1.69 bits per heavy atom. The van der Waals surface area contributed by atoms with Crippen molar-refractivity contribution in [3.05, 3.63) is 60.8 Å². The molecule has 2 heterocycles. The van der Waals surface area contributed by atoms with Gasteiger partial charge in [-0.2, -0.15) is 5.10 Å². The molecule has 0 saturated heterocycles. The largest absolute Gasteiger partial charge is 0.326 e. The third-order valence-corrected chi connectivity index (χ3v) is 4.59. The van der Waals surface area contributed by atoms with Gasteiger partial charge in [0.25, 0.3) is 5.91 Å². The Labute approximate surface area is 166 Å². The summed E-state index contributed by atoms with van der Waals surface area (Å²) >= 11 is 0. The van der Waals surface area contributed by atoms with E-state index in [0.717, 1.165) is 11.1 Å². The van der Waals surface area contributed by atoms with E-state index in [1.165, 1.54) is 6.92 Å². The lowest BCUT2D eigenvalue weighted by Gasteiger charge is -2.10. The summed E-state index contributed by atoms with van der Waals surface area (Å²) in [6, 6.07) is 15.7.